The highest BCUT2D eigenvalue weighted by molar-refractivity contribution is 9.10. The van der Waals surface area contributed by atoms with E-state index in [1.807, 2.05) is 55.5 Å². The van der Waals surface area contributed by atoms with Crippen molar-refractivity contribution in [1.29, 1.82) is 0 Å². The summed E-state index contributed by atoms with van der Waals surface area (Å²) >= 11 is 4.90. The lowest BCUT2D eigenvalue weighted by Crippen LogP contribution is -2.40. The van der Waals surface area contributed by atoms with Crippen molar-refractivity contribution in [2.75, 3.05) is 36.5 Å². The van der Waals surface area contributed by atoms with Gasteiger partial charge in [0, 0.05) is 30.9 Å². The topological polar surface area (TPSA) is 89.1 Å². The van der Waals surface area contributed by atoms with E-state index in [9.17, 15) is 9.59 Å². The summed E-state index contributed by atoms with van der Waals surface area (Å²) in [6.45, 7) is 8.84. The number of allylic oxidation sites excluding steroid dienone is 1. The average molecular weight is 648 g/mol. The zero-order valence-corrected chi connectivity index (χ0v) is 26.0. The van der Waals surface area contributed by atoms with Crippen LogP contribution in [0, 0.1) is 0 Å². The Hall–Kier alpha value is -3.73. The Labute approximate surface area is 255 Å². The Morgan fingerprint density at radius 1 is 1.12 bits per heavy atom. The minimum absolute atomic E-state index is 0.227. The maximum atomic E-state index is 14.1. The van der Waals surface area contributed by atoms with Crippen LogP contribution in [-0.2, 0) is 9.53 Å². The van der Waals surface area contributed by atoms with E-state index in [1.165, 1.54) is 16.9 Å². The lowest BCUT2D eigenvalue weighted by Gasteiger charge is -2.26. The molecule has 0 aliphatic carbocycles. The Balaban J connectivity index is 1.45. The van der Waals surface area contributed by atoms with Gasteiger partial charge >= 0.3 is 0 Å². The zero-order valence-electron chi connectivity index (χ0n) is 23.6. The first-order valence-corrected chi connectivity index (χ1v) is 15.5. The SMILES string of the molecule is CC1=C(C(=O)Nc2ccccc2)C(c2ccc(C(C)C)cc2)n2c(sc(=Cc3cc(Br)c(N4CCOCC4)o3)c2=O)=N1. The predicted molar refractivity (Wildman–Crippen MR) is 169 cm³/mol. The molecule has 0 radical (unpaired) electrons. The minimum Gasteiger partial charge on any atom is -0.440 e. The quantitative estimate of drug-likeness (QED) is 0.312. The number of hydrogen-bond acceptors (Lipinski definition) is 7. The maximum Gasteiger partial charge on any atom is 0.271 e. The summed E-state index contributed by atoms with van der Waals surface area (Å²) in [5, 5.41) is 3.00. The highest BCUT2D eigenvalue weighted by atomic mass is 79.9. The van der Waals surface area contributed by atoms with E-state index in [-0.39, 0.29) is 11.5 Å². The van der Waals surface area contributed by atoms with Gasteiger partial charge in [-0.15, -0.1) is 0 Å². The van der Waals surface area contributed by atoms with E-state index in [0.29, 0.717) is 51.2 Å². The van der Waals surface area contributed by atoms with Crippen molar-refractivity contribution in [1.82, 2.24) is 4.57 Å². The second-order valence-corrected chi connectivity index (χ2v) is 12.5. The molecule has 1 unspecified atom stereocenters. The van der Waals surface area contributed by atoms with Crippen LogP contribution in [0.4, 0.5) is 11.6 Å². The number of halogens is 1. The van der Waals surface area contributed by atoms with E-state index in [0.717, 1.165) is 29.0 Å². The molecule has 1 N–H and O–H groups in total. The van der Waals surface area contributed by atoms with Gasteiger partial charge in [0.15, 0.2) is 4.80 Å². The van der Waals surface area contributed by atoms with E-state index in [2.05, 4.69) is 52.1 Å². The molecule has 1 saturated heterocycles. The van der Waals surface area contributed by atoms with Gasteiger partial charge in [-0.2, -0.15) is 0 Å². The number of amides is 1. The lowest BCUT2D eigenvalue weighted by molar-refractivity contribution is -0.113. The van der Waals surface area contributed by atoms with E-state index < -0.39 is 6.04 Å². The summed E-state index contributed by atoms with van der Waals surface area (Å²) in [6.07, 6.45) is 1.75. The summed E-state index contributed by atoms with van der Waals surface area (Å²) in [6, 6.07) is 18.7. The number of fused-ring (bicyclic) bond motifs is 1. The fourth-order valence-electron chi connectivity index (χ4n) is 5.27. The summed E-state index contributed by atoms with van der Waals surface area (Å²) in [5.74, 6) is 1.34. The van der Waals surface area contributed by atoms with Crippen molar-refractivity contribution in [3.63, 3.8) is 0 Å². The number of carbonyl (C=O) groups excluding carboxylic acids is 1. The van der Waals surface area contributed by atoms with Crippen LogP contribution >= 0.6 is 27.3 Å². The van der Waals surface area contributed by atoms with Crippen molar-refractivity contribution < 1.29 is 13.9 Å². The molecule has 1 atom stereocenters. The Bertz CT molecular complexity index is 1830. The second kappa shape index (κ2) is 11.9. The maximum absolute atomic E-state index is 14.1. The van der Waals surface area contributed by atoms with Gasteiger partial charge in [-0.05, 0) is 52.0 Å². The van der Waals surface area contributed by atoms with E-state index in [1.54, 1.807) is 10.6 Å². The Kier molecular flexibility index (Phi) is 8.02. The number of ether oxygens (including phenoxy) is 1. The van der Waals surface area contributed by atoms with Crippen molar-refractivity contribution in [3.8, 4) is 0 Å². The molecule has 2 aliphatic rings. The van der Waals surface area contributed by atoms with Crippen molar-refractivity contribution in [2.45, 2.75) is 32.7 Å². The molecule has 6 rings (SSSR count). The zero-order chi connectivity index (χ0) is 29.4. The van der Waals surface area contributed by atoms with Gasteiger partial charge in [0.1, 0.15) is 5.76 Å². The smallest absolute Gasteiger partial charge is 0.271 e. The number of furan rings is 1. The van der Waals surface area contributed by atoms with Crippen molar-refractivity contribution in [3.05, 3.63) is 113 Å². The fourth-order valence-corrected chi connectivity index (χ4v) is 6.85. The van der Waals surface area contributed by atoms with Gasteiger partial charge < -0.3 is 19.4 Å². The number of morpholine rings is 1. The average Bonchev–Trinajstić information content (AvgIpc) is 3.51. The van der Waals surface area contributed by atoms with Crippen LogP contribution in [0.15, 0.2) is 90.6 Å². The standard InChI is InChI=1S/C32H31BrN4O4S/c1-19(2)21-9-11-22(12-10-21)28-27(29(38)35-23-7-5-4-6-8-23)20(3)34-32-37(28)30(39)26(42-32)18-24-17-25(33)31(41-24)36-13-15-40-16-14-36/h4-12,17-19,28H,13-16H2,1-3H3,(H,35,38). The van der Waals surface area contributed by atoms with Gasteiger partial charge in [-0.25, -0.2) is 4.99 Å². The van der Waals surface area contributed by atoms with Crippen molar-refractivity contribution in [2.24, 2.45) is 4.99 Å². The molecule has 1 amide bonds. The first-order valence-electron chi connectivity index (χ1n) is 13.9. The molecular weight excluding hydrogens is 616 g/mol. The normalized spacial score (nSPS) is 17.4. The molecule has 4 heterocycles. The highest BCUT2D eigenvalue weighted by Gasteiger charge is 2.32. The first-order chi connectivity index (χ1) is 20.3. The van der Waals surface area contributed by atoms with Gasteiger partial charge in [0.05, 0.1) is 39.5 Å². The van der Waals surface area contributed by atoms with Crippen molar-refractivity contribution >= 4 is 50.8 Å². The third-order valence-electron chi connectivity index (χ3n) is 7.48. The molecule has 8 nitrogen and oxygen atoms in total. The van der Waals surface area contributed by atoms with Crippen LogP contribution in [0.1, 0.15) is 49.6 Å². The number of aromatic nitrogens is 1. The third-order valence-corrected chi connectivity index (χ3v) is 9.03. The van der Waals surface area contributed by atoms with Gasteiger partial charge in [-0.1, -0.05) is 67.6 Å². The summed E-state index contributed by atoms with van der Waals surface area (Å²) in [4.78, 5) is 35.2. The summed E-state index contributed by atoms with van der Waals surface area (Å²) in [7, 11) is 0. The second-order valence-electron chi connectivity index (χ2n) is 10.6. The number of carbonyl (C=O) groups is 1. The molecule has 2 aromatic carbocycles. The number of hydrogen-bond donors (Lipinski definition) is 1. The number of nitrogens with zero attached hydrogens (tertiary/aromatic N) is 3. The number of thiazole rings is 1. The molecule has 4 aromatic rings. The number of benzene rings is 2. The van der Waals surface area contributed by atoms with E-state index in [4.69, 9.17) is 14.1 Å². The first kappa shape index (κ1) is 28.4. The van der Waals surface area contributed by atoms with Gasteiger partial charge in [0.25, 0.3) is 11.5 Å². The molecule has 42 heavy (non-hydrogen) atoms. The number of anilines is 2. The molecule has 2 aromatic heterocycles. The monoisotopic (exact) mass is 646 g/mol. The molecule has 0 saturated carbocycles. The fraction of sp³-hybridized carbons (Fsp3) is 0.281. The molecule has 10 heteroatoms. The van der Waals surface area contributed by atoms with Crippen LogP contribution in [0.5, 0.6) is 0 Å². The molecule has 2 aliphatic heterocycles. The summed E-state index contributed by atoms with van der Waals surface area (Å²) in [5.41, 5.74) is 3.48. The van der Waals surface area contributed by atoms with Crippen LogP contribution in [-0.4, -0.2) is 36.8 Å². The van der Waals surface area contributed by atoms with Crippen LogP contribution in [0.25, 0.3) is 6.08 Å². The predicted octanol–water partition coefficient (Wildman–Crippen LogP) is 5.19. The minimum atomic E-state index is -0.638. The van der Waals surface area contributed by atoms with Crippen LogP contribution in [0.2, 0.25) is 0 Å². The molecule has 0 spiro atoms. The number of para-hydroxylation sites is 1. The number of nitrogens with one attached hydrogen (secondary N) is 1. The number of rotatable bonds is 6. The molecule has 0 bridgehead atoms. The Morgan fingerprint density at radius 3 is 2.52 bits per heavy atom. The largest absolute Gasteiger partial charge is 0.440 e. The van der Waals surface area contributed by atoms with Gasteiger partial charge in [0.2, 0.25) is 5.88 Å². The molecule has 216 valence electrons. The third kappa shape index (κ3) is 5.54. The highest BCUT2D eigenvalue weighted by Crippen LogP contribution is 2.33. The lowest BCUT2D eigenvalue weighted by atomic mass is 9.93. The van der Waals surface area contributed by atoms with Crippen LogP contribution in [0.3, 0.4) is 0 Å². The Morgan fingerprint density at radius 2 is 1.83 bits per heavy atom. The molecular formula is C32H31BrN4O4S. The summed E-state index contributed by atoms with van der Waals surface area (Å²) < 4.78 is 14.6. The van der Waals surface area contributed by atoms with E-state index >= 15 is 0 Å². The van der Waals surface area contributed by atoms with Gasteiger partial charge in [-0.3, -0.25) is 14.2 Å². The molecule has 1 fully saturated rings. The van der Waals surface area contributed by atoms with Crippen LogP contribution < -0.4 is 25.1 Å².